The number of carboxylic acids is 1. The van der Waals surface area contributed by atoms with E-state index in [-0.39, 0.29) is 69.0 Å². The fourth-order valence-electron chi connectivity index (χ4n) is 3.85. The Balaban J connectivity index is 0.00000405. The Hall–Kier alpha value is -2.58. The van der Waals surface area contributed by atoms with Gasteiger partial charge in [0.25, 0.3) is 11.8 Å². The number of hydrogen-bond acceptors (Lipinski definition) is 16. The van der Waals surface area contributed by atoms with E-state index in [1.807, 2.05) is 0 Å². The van der Waals surface area contributed by atoms with Gasteiger partial charge in [0.2, 0.25) is 0 Å². The first-order valence-corrected chi connectivity index (χ1v) is 15.4. The standard InChI is InChI=1S/C22H18ClN7O7S4.Na/c23-13-8(1-2-11(31)17(13)32)4-37-28-14(10-7-40-22(24)26-10)18(33)27-15-19(34)30-16(21(35)36)9(6-39-20(15)30)5-38-12-3-25-29-41-12;/h1-3,7,15,20,31-32H,4-6H2,(H2,24,26)(H,27,33)(H,35,36);/q;+1/p-1/b28-14-;/t15?,20-;/m1./s1. The monoisotopic (exact) mass is 677 g/mol. The number of rotatable bonds is 10. The second kappa shape index (κ2) is 13.8. The first kappa shape index (κ1) is 32.3. The third-order valence-corrected chi connectivity index (χ3v) is 10.1. The molecule has 2 aliphatic rings. The molecule has 2 atom stereocenters. The molecule has 20 heteroatoms. The molecule has 0 saturated carbocycles. The number of amides is 2. The Kier molecular flexibility index (Phi) is 10.6. The number of aromatic hydroxyl groups is 2. The first-order valence-electron chi connectivity index (χ1n) is 11.4. The molecule has 2 aromatic heterocycles. The van der Waals surface area contributed by atoms with Crippen molar-refractivity contribution in [2.45, 2.75) is 22.2 Å². The second-order valence-corrected chi connectivity index (χ2v) is 12.8. The molecule has 2 aliphatic heterocycles. The number of hydrogen-bond donors (Lipinski definition) is 4. The molecule has 4 heterocycles. The van der Waals surface area contributed by atoms with Crippen molar-refractivity contribution >= 4 is 86.6 Å². The average molecular weight is 678 g/mol. The number of nitrogens with zero attached hydrogens (tertiary/aromatic N) is 5. The minimum Gasteiger partial charge on any atom is -0.543 e. The molecular weight excluding hydrogens is 661 g/mol. The summed E-state index contributed by atoms with van der Waals surface area (Å²) in [5, 5.41) is 42.4. The number of nitrogens with one attached hydrogen (secondary N) is 1. The zero-order chi connectivity index (χ0) is 29.3. The van der Waals surface area contributed by atoms with Crippen molar-refractivity contribution < 1.29 is 64.1 Å². The van der Waals surface area contributed by atoms with Crippen LogP contribution in [0.2, 0.25) is 5.02 Å². The Labute approximate surface area is 280 Å². The van der Waals surface area contributed by atoms with Crippen molar-refractivity contribution in [3.05, 3.63) is 51.3 Å². The third-order valence-electron chi connectivity index (χ3n) is 5.79. The van der Waals surface area contributed by atoms with Gasteiger partial charge in [0.05, 0.1) is 22.9 Å². The molecule has 1 unspecified atom stereocenters. The van der Waals surface area contributed by atoms with E-state index in [1.165, 1.54) is 52.6 Å². The zero-order valence-electron chi connectivity index (χ0n) is 21.3. The van der Waals surface area contributed by atoms with Gasteiger partial charge in [-0.2, -0.15) is 0 Å². The molecular formula is C22H17ClN7NaO7S4. The molecule has 42 heavy (non-hydrogen) atoms. The van der Waals surface area contributed by atoms with E-state index in [9.17, 15) is 29.7 Å². The van der Waals surface area contributed by atoms with Gasteiger partial charge in [-0.05, 0) is 23.2 Å². The summed E-state index contributed by atoms with van der Waals surface area (Å²) in [5.74, 6) is -3.27. The number of oxime groups is 1. The number of nitrogens with two attached hydrogens (primary N) is 1. The quantitative estimate of drug-likeness (QED) is 0.0447. The maximum atomic E-state index is 13.3. The number of β-lactam (4-membered cyclic amide) rings is 1. The summed E-state index contributed by atoms with van der Waals surface area (Å²) in [4.78, 5) is 48.8. The Morgan fingerprint density at radius 1 is 1.36 bits per heavy atom. The van der Waals surface area contributed by atoms with Gasteiger partial charge >= 0.3 is 29.6 Å². The summed E-state index contributed by atoms with van der Waals surface area (Å²) >= 11 is 10.9. The van der Waals surface area contributed by atoms with Crippen LogP contribution < -0.4 is 45.7 Å². The number of benzene rings is 1. The van der Waals surface area contributed by atoms with E-state index < -0.39 is 40.7 Å². The van der Waals surface area contributed by atoms with Crippen molar-refractivity contribution in [1.82, 2.24) is 24.8 Å². The van der Waals surface area contributed by atoms with Gasteiger partial charge in [0.15, 0.2) is 22.3 Å². The molecule has 3 aromatic rings. The van der Waals surface area contributed by atoms with Crippen molar-refractivity contribution in [1.29, 1.82) is 0 Å². The minimum absolute atomic E-state index is 0. The van der Waals surface area contributed by atoms with Gasteiger partial charge in [0, 0.05) is 22.4 Å². The van der Waals surface area contributed by atoms with E-state index in [0.29, 0.717) is 17.1 Å². The number of carboxylic acid groups (broad SMARTS) is 1. The molecule has 0 bridgehead atoms. The summed E-state index contributed by atoms with van der Waals surface area (Å²) in [6, 6.07) is 1.56. The Morgan fingerprint density at radius 3 is 2.81 bits per heavy atom. The van der Waals surface area contributed by atoms with Gasteiger partial charge in [-0.15, -0.1) is 40.0 Å². The molecule has 14 nitrogen and oxygen atoms in total. The maximum Gasteiger partial charge on any atom is 1.00 e. The van der Waals surface area contributed by atoms with E-state index in [1.54, 1.807) is 6.20 Å². The zero-order valence-corrected chi connectivity index (χ0v) is 27.4. The Bertz CT molecular complexity index is 1590. The van der Waals surface area contributed by atoms with E-state index in [2.05, 4.69) is 25.0 Å². The molecule has 0 aliphatic carbocycles. The molecule has 214 valence electrons. The van der Waals surface area contributed by atoms with Gasteiger partial charge in [-0.25, -0.2) is 4.98 Å². The molecule has 1 saturated heterocycles. The van der Waals surface area contributed by atoms with Crippen LogP contribution in [0, 0.1) is 0 Å². The number of anilines is 1. The number of aromatic nitrogens is 3. The number of carbonyl (C=O) groups is 3. The number of nitrogen functional groups attached to an aromatic ring is 1. The predicted molar refractivity (Wildman–Crippen MR) is 150 cm³/mol. The molecule has 0 spiro atoms. The van der Waals surface area contributed by atoms with Crippen LogP contribution in [0.15, 0.2) is 44.3 Å². The van der Waals surface area contributed by atoms with Crippen LogP contribution in [0.25, 0.3) is 0 Å². The fourth-order valence-corrected chi connectivity index (χ4v) is 7.52. The summed E-state index contributed by atoms with van der Waals surface area (Å²) in [5.41, 5.74) is 6.07. The van der Waals surface area contributed by atoms with E-state index in [4.69, 9.17) is 22.2 Å². The minimum atomic E-state index is -1.49. The molecule has 5 N–H and O–H groups in total. The van der Waals surface area contributed by atoms with Crippen molar-refractivity contribution in [2.24, 2.45) is 5.16 Å². The predicted octanol–water partition coefficient (Wildman–Crippen LogP) is -2.24. The number of phenols is 2. The second-order valence-electron chi connectivity index (χ2n) is 8.32. The van der Waals surface area contributed by atoms with Gasteiger partial charge in [-0.3, -0.25) is 14.5 Å². The summed E-state index contributed by atoms with van der Waals surface area (Å²) in [6.45, 7) is -0.282. The molecule has 0 radical (unpaired) electrons. The Morgan fingerprint density at radius 2 is 2.14 bits per heavy atom. The summed E-state index contributed by atoms with van der Waals surface area (Å²) < 4.78 is 4.57. The van der Waals surface area contributed by atoms with Crippen LogP contribution in [-0.4, -0.2) is 76.1 Å². The van der Waals surface area contributed by atoms with Crippen LogP contribution >= 0.6 is 58.0 Å². The van der Waals surface area contributed by atoms with E-state index in [0.717, 1.165) is 20.4 Å². The van der Waals surface area contributed by atoms with Gasteiger partial charge < -0.3 is 36.0 Å². The van der Waals surface area contributed by atoms with Crippen LogP contribution in [-0.2, 0) is 25.8 Å². The molecule has 5 rings (SSSR count). The molecule has 1 fully saturated rings. The van der Waals surface area contributed by atoms with Gasteiger partial charge in [0.1, 0.15) is 27.9 Å². The van der Waals surface area contributed by atoms with Crippen LogP contribution in [0.5, 0.6) is 11.5 Å². The smallest absolute Gasteiger partial charge is 0.543 e. The third kappa shape index (κ3) is 6.65. The van der Waals surface area contributed by atoms with Gasteiger partial charge in [-0.1, -0.05) is 27.3 Å². The number of thioether (sulfide) groups is 2. The number of halogens is 1. The number of carbonyl (C=O) groups excluding carboxylic acids is 3. The van der Waals surface area contributed by atoms with Crippen LogP contribution in [0.3, 0.4) is 0 Å². The normalized spacial score (nSPS) is 18.2. The SMILES string of the molecule is Nc1nc(/C(=N/OCc2ccc(O)c(O)c2Cl)C(=O)NC2C(=O)N3C(C(=O)[O-])=C(CSc4cnns4)CS[C@H]23)cs1.[Na+]. The maximum absolute atomic E-state index is 13.3. The number of aliphatic carboxylic acids is 1. The number of thiazole rings is 1. The van der Waals surface area contributed by atoms with E-state index >= 15 is 0 Å². The summed E-state index contributed by atoms with van der Waals surface area (Å²) in [7, 11) is 0. The average Bonchev–Trinajstić information content (AvgIpc) is 3.63. The van der Waals surface area contributed by atoms with Crippen molar-refractivity contribution in [3.8, 4) is 11.5 Å². The van der Waals surface area contributed by atoms with Crippen LogP contribution in [0.4, 0.5) is 5.13 Å². The molecule has 1 aromatic carbocycles. The first-order chi connectivity index (χ1) is 19.7. The summed E-state index contributed by atoms with van der Waals surface area (Å²) in [6.07, 6.45) is 1.57. The van der Waals surface area contributed by atoms with Crippen molar-refractivity contribution in [3.63, 3.8) is 0 Å². The number of phenolic OH excluding ortho intramolecular Hbond substituents is 2. The molecule has 2 amide bonds. The van der Waals surface area contributed by atoms with Crippen LogP contribution in [0.1, 0.15) is 11.3 Å². The largest absolute Gasteiger partial charge is 1.00 e. The topological polar surface area (TPSA) is 216 Å². The number of fused-ring (bicyclic) bond motifs is 1. The van der Waals surface area contributed by atoms with Crippen molar-refractivity contribution in [2.75, 3.05) is 17.2 Å². The fraction of sp³-hybridized carbons (Fsp3) is 0.227.